The Kier molecular flexibility index (Phi) is 2.10. The molecule has 0 spiro atoms. The summed E-state index contributed by atoms with van der Waals surface area (Å²) in [6.07, 6.45) is 5.53. The lowest BCUT2D eigenvalue weighted by Crippen LogP contribution is -2.11. The van der Waals surface area contributed by atoms with Crippen LogP contribution in [0.3, 0.4) is 0 Å². The average Bonchev–Trinajstić information content (AvgIpc) is 2.16. The molecule has 0 aliphatic carbocycles. The molecule has 0 nitrogen and oxygen atoms in total. The van der Waals surface area contributed by atoms with Crippen LogP contribution in [0, 0.1) is 0 Å². The van der Waals surface area contributed by atoms with Crippen LogP contribution in [0.25, 0.3) is 0 Å². The SMILES string of the molecule is CC(C)S1(C)CCCC1. The molecule has 0 aromatic rings. The second-order valence-electron chi connectivity index (χ2n) is 3.51. The fourth-order valence-electron chi connectivity index (χ4n) is 1.44. The fourth-order valence-corrected chi connectivity index (χ4v) is 4.31. The maximum absolute atomic E-state index is 2.52. The Bertz CT molecular complexity index is 90.7. The predicted molar refractivity (Wildman–Crippen MR) is 47.6 cm³/mol. The largest absolute Gasteiger partial charge is 0.242 e. The minimum Gasteiger partial charge on any atom is -0.242 e. The second-order valence-corrected chi connectivity index (χ2v) is 7.97. The normalized spacial score (nSPS) is 28.9. The fraction of sp³-hybridized carbons (Fsp3) is 1.00. The van der Waals surface area contributed by atoms with E-state index in [9.17, 15) is 0 Å². The van der Waals surface area contributed by atoms with Gasteiger partial charge in [0.25, 0.3) is 0 Å². The van der Waals surface area contributed by atoms with E-state index in [1.165, 1.54) is 12.8 Å². The van der Waals surface area contributed by atoms with E-state index in [0.29, 0.717) is 0 Å². The first-order chi connectivity index (χ1) is 4.15. The van der Waals surface area contributed by atoms with Gasteiger partial charge in [-0.25, -0.2) is 10.0 Å². The highest BCUT2D eigenvalue weighted by Crippen LogP contribution is 2.54. The van der Waals surface area contributed by atoms with Crippen LogP contribution in [-0.4, -0.2) is 23.0 Å². The summed E-state index contributed by atoms with van der Waals surface area (Å²) in [6.45, 7) is 4.78. The number of rotatable bonds is 1. The molecule has 1 heteroatoms. The summed E-state index contributed by atoms with van der Waals surface area (Å²) in [5.41, 5.74) is 0. The molecular weight excluding hydrogens is 128 g/mol. The van der Waals surface area contributed by atoms with Crippen molar-refractivity contribution in [1.82, 2.24) is 0 Å². The minimum absolute atomic E-state index is 0.120. The Morgan fingerprint density at radius 1 is 1.11 bits per heavy atom. The monoisotopic (exact) mass is 146 g/mol. The van der Waals surface area contributed by atoms with Crippen molar-refractivity contribution in [3.63, 3.8) is 0 Å². The van der Waals surface area contributed by atoms with Gasteiger partial charge in [-0.2, -0.15) is 0 Å². The molecule has 0 atom stereocenters. The highest BCUT2D eigenvalue weighted by Gasteiger charge is 2.25. The van der Waals surface area contributed by atoms with Gasteiger partial charge >= 0.3 is 0 Å². The first-order valence-electron chi connectivity index (χ1n) is 3.88. The zero-order valence-corrected chi connectivity index (χ0v) is 7.63. The first kappa shape index (κ1) is 7.46. The van der Waals surface area contributed by atoms with Crippen molar-refractivity contribution in [3.8, 4) is 0 Å². The molecule has 1 fully saturated rings. The van der Waals surface area contributed by atoms with Gasteiger partial charge < -0.3 is 0 Å². The summed E-state index contributed by atoms with van der Waals surface area (Å²) in [6, 6.07) is 0. The summed E-state index contributed by atoms with van der Waals surface area (Å²) >= 11 is 0. The smallest absolute Gasteiger partial charge is 0.0171 e. The van der Waals surface area contributed by atoms with Gasteiger partial charge in [0.2, 0.25) is 0 Å². The number of hydrogen-bond acceptors (Lipinski definition) is 0. The van der Waals surface area contributed by atoms with Gasteiger partial charge in [0.1, 0.15) is 0 Å². The average molecular weight is 146 g/mol. The Balaban J connectivity index is 2.51. The van der Waals surface area contributed by atoms with E-state index < -0.39 is 0 Å². The third-order valence-corrected chi connectivity index (χ3v) is 7.33. The second kappa shape index (κ2) is 2.53. The molecule has 1 saturated heterocycles. The zero-order valence-electron chi connectivity index (χ0n) is 6.81. The lowest BCUT2D eigenvalue weighted by molar-refractivity contribution is 0.949. The molecule has 9 heavy (non-hydrogen) atoms. The van der Waals surface area contributed by atoms with Crippen molar-refractivity contribution in [3.05, 3.63) is 0 Å². The first-order valence-corrected chi connectivity index (χ1v) is 6.32. The molecule has 1 heterocycles. The molecule has 1 aliphatic heterocycles. The van der Waals surface area contributed by atoms with E-state index >= 15 is 0 Å². The van der Waals surface area contributed by atoms with Crippen molar-refractivity contribution in [2.75, 3.05) is 17.8 Å². The molecule has 1 aliphatic rings. The molecule has 0 bridgehead atoms. The van der Waals surface area contributed by atoms with Crippen LogP contribution in [0.5, 0.6) is 0 Å². The van der Waals surface area contributed by atoms with Crippen molar-refractivity contribution in [1.29, 1.82) is 0 Å². The Labute approximate surface area is 60.3 Å². The highest BCUT2D eigenvalue weighted by atomic mass is 32.3. The van der Waals surface area contributed by atoms with Crippen LogP contribution < -0.4 is 0 Å². The van der Waals surface area contributed by atoms with E-state index in [1.54, 1.807) is 11.5 Å². The van der Waals surface area contributed by atoms with Gasteiger partial charge in [-0.1, -0.05) is 13.8 Å². The van der Waals surface area contributed by atoms with E-state index in [1.807, 2.05) is 0 Å². The standard InChI is InChI=1S/C8H18S/c1-8(2)9(3)6-4-5-7-9/h8H,4-7H2,1-3H3. The van der Waals surface area contributed by atoms with Gasteiger partial charge in [-0.05, 0) is 35.9 Å². The van der Waals surface area contributed by atoms with Crippen molar-refractivity contribution < 1.29 is 0 Å². The van der Waals surface area contributed by atoms with Crippen LogP contribution >= 0.6 is 10.0 Å². The van der Waals surface area contributed by atoms with E-state index in [0.717, 1.165) is 5.25 Å². The van der Waals surface area contributed by atoms with Crippen molar-refractivity contribution in [2.24, 2.45) is 0 Å². The van der Waals surface area contributed by atoms with E-state index in [2.05, 4.69) is 20.1 Å². The molecule has 0 radical (unpaired) electrons. The summed E-state index contributed by atoms with van der Waals surface area (Å²) in [5, 5.41) is 0.972. The summed E-state index contributed by atoms with van der Waals surface area (Å²) < 4.78 is 0. The lowest BCUT2D eigenvalue weighted by atomic mass is 10.4. The highest BCUT2D eigenvalue weighted by molar-refractivity contribution is 8.33. The molecule has 0 saturated carbocycles. The maximum Gasteiger partial charge on any atom is -0.0171 e. The maximum atomic E-state index is 2.52. The minimum atomic E-state index is -0.120. The van der Waals surface area contributed by atoms with Crippen LogP contribution in [0.2, 0.25) is 0 Å². The van der Waals surface area contributed by atoms with Crippen molar-refractivity contribution in [2.45, 2.75) is 31.9 Å². The van der Waals surface area contributed by atoms with Crippen LogP contribution in [0.1, 0.15) is 26.7 Å². The van der Waals surface area contributed by atoms with Crippen LogP contribution in [-0.2, 0) is 0 Å². The molecule has 0 N–H and O–H groups in total. The Hall–Kier alpha value is 0.350. The molecule has 0 aromatic carbocycles. The summed E-state index contributed by atoms with van der Waals surface area (Å²) in [7, 11) is -0.120. The topological polar surface area (TPSA) is 0 Å². The molecule has 0 amide bonds. The van der Waals surface area contributed by atoms with Crippen LogP contribution in [0.4, 0.5) is 0 Å². The third-order valence-electron chi connectivity index (χ3n) is 2.61. The molecule has 1 rings (SSSR count). The van der Waals surface area contributed by atoms with Gasteiger partial charge in [0, 0.05) is 0 Å². The lowest BCUT2D eigenvalue weighted by Gasteiger charge is -2.35. The van der Waals surface area contributed by atoms with Crippen molar-refractivity contribution >= 4 is 10.0 Å². The van der Waals surface area contributed by atoms with Gasteiger partial charge in [-0.15, -0.1) is 0 Å². The zero-order chi connectivity index (χ0) is 6.91. The molecule has 0 unspecified atom stereocenters. The molecule has 0 aromatic heterocycles. The van der Waals surface area contributed by atoms with Gasteiger partial charge in [0.15, 0.2) is 0 Å². The quantitative estimate of drug-likeness (QED) is 0.533. The molecular formula is C8H18S. The Morgan fingerprint density at radius 2 is 1.56 bits per heavy atom. The third kappa shape index (κ3) is 1.43. The van der Waals surface area contributed by atoms with E-state index in [4.69, 9.17) is 0 Å². The van der Waals surface area contributed by atoms with E-state index in [-0.39, 0.29) is 10.0 Å². The van der Waals surface area contributed by atoms with Crippen LogP contribution in [0.15, 0.2) is 0 Å². The Morgan fingerprint density at radius 3 is 1.78 bits per heavy atom. The van der Waals surface area contributed by atoms with Gasteiger partial charge in [0.05, 0.1) is 0 Å². The number of hydrogen-bond donors (Lipinski definition) is 0. The summed E-state index contributed by atoms with van der Waals surface area (Å²) in [5.74, 6) is 3.09. The van der Waals surface area contributed by atoms with Gasteiger partial charge in [-0.3, -0.25) is 0 Å². The molecule has 56 valence electrons. The summed E-state index contributed by atoms with van der Waals surface area (Å²) in [4.78, 5) is 0. The predicted octanol–water partition coefficient (Wildman–Crippen LogP) is 2.62.